The molecule has 8 heteroatoms. The minimum atomic E-state index is -0.389. The summed E-state index contributed by atoms with van der Waals surface area (Å²) in [6.07, 6.45) is 3.63. The van der Waals surface area contributed by atoms with Gasteiger partial charge >= 0.3 is 0 Å². The highest BCUT2D eigenvalue weighted by atomic mass is 19.1. The van der Waals surface area contributed by atoms with Gasteiger partial charge in [0.1, 0.15) is 11.6 Å². The van der Waals surface area contributed by atoms with Crippen LogP contribution in [-0.2, 0) is 4.74 Å². The van der Waals surface area contributed by atoms with Gasteiger partial charge in [-0.3, -0.25) is 9.78 Å². The van der Waals surface area contributed by atoms with Crippen molar-refractivity contribution in [3.63, 3.8) is 0 Å². The molecule has 3 aromatic rings. The average molecular weight is 491 g/mol. The maximum absolute atomic E-state index is 14.1. The number of amides is 1. The van der Waals surface area contributed by atoms with Gasteiger partial charge in [-0.1, -0.05) is 0 Å². The van der Waals surface area contributed by atoms with E-state index in [4.69, 9.17) is 9.47 Å². The number of carbonyl (C=O) groups is 1. The van der Waals surface area contributed by atoms with E-state index in [9.17, 15) is 9.18 Å². The number of hydrogen-bond donors (Lipinski definition) is 1. The summed E-state index contributed by atoms with van der Waals surface area (Å²) in [6.45, 7) is 7.60. The zero-order chi connectivity index (χ0) is 24.6. The number of ether oxygens (including phenoxy) is 2. The maximum Gasteiger partial charge on any atom is 0.252 e. The third-order valence-electron chi connectivity index (χ3n) is 7.71. The second-order valence-corrected chi connectivity index (χ2v) is 10.3. The number of carbonyl (C=O) groups excluding carboxylic acids is 1. The first kappa shape index (κ1) is 23.3. The number of halogens is 1. The number of likely N-dealkylation sites (tertiary alicyclic amines) is 1. The van der Waals surface area contributed by atoms with E-state index < -0.39 is 0 Å². The third kappa shape index (κ3) is 4.67. The molecular formula is C28H31FN4O3. The highest BCUT2D eigenvalue weighted by Crippen LogP contribution is 2.39. The van der Waals surface area contributed by atoms with E-state index in [0.29, 0.717) is 58.0 Å². The van der Waals surface area contributed by atoms with Crippen molar-refractivity contribution in [3.05, 3.63) is 54.0 Å². The largest absolute Gasteiger partial charge is 0.492 e. The van der Waals surface area contributed by atoms with Gasteiger partial charge < -0.3 is 19.7 Å². The van der Waals surface area contributed by atoms with Gasteiger partial charge in [0.2, 0.25) is 0 Å². The number of nitrogens with one attached hydrogen (secondary N) is 1. The van der Waals surface area contributed by atoms with E-state index in [0.717, 1.165) is 45.7 Å². The Morgan fingerprint density at radius 2 is 1.94 bits per heavy atom. The van der Waals surface area contributed by atoms with Crippen molar-refractivity contribution >= 4 is 16.8 Å². The lowest BCUT2D eigenvalue weighted by Crippen LogP contribution is -2.40. The minimum Gasteiger partial charge on any atom is -0.492 e. The molecule has 2 saturated heterocycles. The van der Waals surface area contributed by atoms with Crippen molar-refractivity contribution in [1.29, 1.82) is 0 Å². The number of fused-ring (bicyclic) bond motifs is 2. The van der Waals surface area contributed by atoms with Gasteiger partial charge in [0.25, 0.3) is 5.91 Å². The molecule has 3 atom stereocenters. The topological polar surface area (TPSA) is 76.6 Å². The Labute approximate surface area is 210 Å². The van der Waals surface area contributed by atoms with Crippen LogP contribution in [0.1, 0.15) is 30.1 Å². The van der Waals surface area contributed by atoms with Crippen LogP contribution >= 0.6 is 0 Å². The zero-order valence-electron chi connectivity index (χ0n) is 20.5. The molecule has 2 aromatic heterocycles. The number of benzene rings is 1. The molecule has 0 radical (unpaired) electrons. The Hall–Kier alpha value is -3.10. The molecule has 2 aliphatic heterocycles. The molecule has 36 heavy (non-hydrogen) atoms. The van der Waals surface area contributed by atoms with Crippen molar-refractivity contribution in [2.24, 2.45) is 17.8 Å². The van der Waals surface area contributed by atoms with Crippen LogP contribution in [0.5, 0.6) is 5.75 Å². The summed E-state index contributed by atoms with van der Waals surface area (Å²) in [4.78, 5) is 25.1. The lowest BCUT2D eigenvalue weighted by atomic mass is 10.0. The SMILES string of the molecule is CCOc1ccc(-c2cc(C(=O)NC3C[C@@H]4CN(CC5COC5)C[C@@H]4C3)c3ccc(F)cc3n2)nc1. The van der Waals surface area contributed by atoms with Crippen molar-refractivity contribution in [2.45, 2.75) is 25.8 Å². The molecule has 0 bridgehead atoms. The van der Waals surface area contributed by atoms with E-state index in [-0.39, 0.29) is 17.8 Å². The molecule has 3 aliphatic rings. The quantitative estimate of drug-likeness (QED) is 0.541. The van der Waals surface area contributed by atoms with Crippen molar-refractivity contribution in [1.82, 2.24) is 20.2 Å². The Kier molecular flexibility index (Phi) is 6.31. The molecule has 1 amide bonds. The summed E-state index contributed by atoms with van der Waals surface area (Å²) >= 11 is 0. The average Bonchev–Trinajstić information content (AvgIpc) is 3.39. The summed E-state index contributed by atoms with van der Waals surface area (Å²) in [5.74, 6) is 2.07. The fraction of sp³-hybridized carbons (Fsp3) is 0.464. The smallest absolute Gasteiger partial charge is 0.252 e. The normalized spacial score (nSPS) is 24.0. The number of rotatable bonds is 7. The van der Waals surface area contributed by atoms with Gasteiger partial charge in [0.05, 0.1) is 48.5 Å². The van der Waals surface area contributed by atoms with E-state index in [2.05, 4.69) is 20.2 Å². The fourth-order valence-corrected chi connectivity index (χ4v) is 5.99. The molecule has 1 aromatic carbocycles. The monoisotopic (exact) mass is 490 g/mol. The van der Waals surface area contributed by atoms with Crippen molar-refractivity contribution < 1.29 is 18.7 Å². The number of nitrogens with zero attached hydrogens (tertiary/aromatic N) is 3. The van der Waals surface area contributed by atoms with Crippen molar-refractivity contribution in [2.75, 3.05) is 39.5 Å². The van der Waals surface area contributed by atoms with E-state index >= 15 is 0 Å². The predicted molar refractivity (Wildman–Crippen MR) is 134 cm³/mol. The molecule has 3 fully saturated rings. The van der Waals surface area contributed by atoms with E-state index in [1.54, 1.807) is 24.4 Å². The standard InChI is InChI=1S/C28H31FN4O3/c1-2-36-22-4-6-25(30-11-22)27-10-24(23-5-3-20(29)9-26(23)32-27)28(34)31-21-7-18-13-33(14-19(18)8-21)12-17-15-35-16-17/h3-6,9-11,17-19,21H,2,7-8,12-16H2,1H3,(H,31,34)/t18-,19+,21?. The van der Waals surface area contributed by atoms with Crippen LogP contribution in [0, 0.1) is 23.6 Å². The summed E-state index contributed by atoms with van der Waals surface area (Å²) < 4.78 is 24.9. The molecule has 1 saturated carbocycles. The molecule has 6 rings (SSSR count). The Morgan fingerprint density at radius 1 is 1.14 bits per heavy atom. The summed E-state index contributed by atoms with van der Waals surface area (Å²) in [5, 5.41) is 3.91. The number of pyridine rings is 2. The highest BCUT2D eigenvalue weighted by Gasteiger charge is 2.42. The third-order valence-corrected chi connectivity index (χ3v) is 7.71. The predicted octanol–water partition coefficient (Wildman–Crippen LogP) is 3.92. The Bertz CT molecular complexity index is 1250. The molecule has 188 valence electrons. The highest BCUT2D eigenvalue weighted by molar-refractivity contribution is 6.07. The lowest BCUT2D eigenvalue weighted by molar-refractivity contribution is -0.0447. The molecule has 1 unspecified atom stereocenters. The zero-order valence-corrected chi connectivity index (χ0v) is 20.5. The maximum atomic E-state index is 14.1. The minimum absolute atomic E-state index is 0.144. The van der Waals surface area contributed by atoms with Crippen LogP contribution < -0.4 is 10.1 Å². The summed E-state index contributed by atoms with van der Waals surface area (Å²) in [5.41, 5.74) is 2.06. The van der Waals surface area contributed by atoms with Crippen LogP contribution in [0.3, 0.4) is 0 Å². The van der Waals surface area contributed by atoms with Crippen LogP contribution in [0.2, 0.25) is 0 Å². The van der Waals surface area contributed by atoms with E-state index in [1.165, 1.54) is 12.1 Å². The Balaban J connectivity index is 1.20. The van der Waals surface area contributed by atoms with E-state index in [1.807, 2.05) is 13.0 Å². The van der Waals surface area contributed by atoms with Gasteiger partial charge in [-0.15, -0.1) is 0 Å². The summed E-state index contributed by atoms with van der Waals surface area (Å²) in [6, 6.07) is 9.91. The van der Waals surface area contributed by atoms with Gasteiger partial charge in [-0.25, -0.2) is 9.37 Å². The first-order valence-electron chi connectivity index (χ1n) is 12.9. The van der Waals surface area contributed by atoms with Gasteiger partial charge in [0.15, 0.2) is 0 Å². The first-order valence-corrected chi connectivity index (χ1v) is 12.9. The van der Waals surface area contributed by atoms with Gasteiger partial charge in [-0.05, 0) is 61.9 Å². The molecule has 1 N–H and O–H groups in total. The van der Waals surface area contributed by atoms with Crippen LogP contribution in [0.4, 0.5) is 4.39 Å². The molecule has 7 nitrogen and oxygen atoms in total. The van der Waals surface area contributed by atoms with Crippen LogP contribution in [0.15, 0.2) is 42.6 Å². The number of aromatic nitrogens is 2. The van der Waals surface area contributed by atoms with Gasteiger partial charge in [0, 0.05) is 43.0 Å². The molecule has 4 heterocycles. The Morgan fingerprint density at radius 3 is 2.61 bits per heavy atom. The van der Waals surface area contributed by atoms with Crippen molar-refractivity contribution in [3.8, 4) is 17.1 Å². The van der Waals surface area contributed by atoms with Crippen LogP contribution in [0.25, 0.3) is 22.3 Å². The second kappa shape index (κ2) is 9.75. The lowest BCUT2D eigenvalue weighted by Gasteiger charge is -2.30. The first-order chi connectivity index (χ1) is 17.6. The second-order valence-electron chi connectivity index (χ2n) is 10.3. The fourth-order valence-electron chi connectivity index (χ4n) is 5.99. The molecule has 1 aliphatic carbocycles. The van der Waals surface area contributed by atoms with Crippen LogP contribution in [-0.4, -0.2) is 66.3 Å². The number of hydrogen-bond acceptors (Lipinski definition) is 6. The molecule has 0 spiro atoms. The molecular weight excluding hydrogens is 459 g/mol. The summed E-state index contributed by atoms with van der Waals surface area (Å²) in [7, 11) is 0. The van der Waals surface area contributed by atoms with Gasteiger partial charge in [-0.2, -0.15) is 0 Å².